The zero-order valence-electron chi connectivity index (χ0n) is 6.94. The van der Waals surface area contributed by atoms with Crippen LogP contribution in [0.3, 0.4) is 0 Å². The van der Waals surface area contributed by atoms with Crippen molar-refractivity contribution in [3.63, 3.8) is 0 Å². The Morgan fingerprint density at radius 2 is 2.15 bits per heavy atom. The number of hydrogen-bond donors (Lipinski definition) is 1. The van der Waals surface area contributed by atoms with E-state index >= 15 is 0 Å². The molecular weight excluding hydrogens is 164 g/mol. The van der Waals surface area contributed by atoms with Crippen molar-refractivity contribution in [2.75, 3.05) is 0 Å². The fourth-order valence-corrected chi connectivity index (χ4v) is 1.11. The maximum atomic E-state index is 9.17. The molecule has 0 aliphatic carbocycles. The van der Waals surface area contributed by atoms with Gasteiger partial charge in [-0.2, -0.15) is 0 Å². The highest BCUT2D eigenvalue weighted by Crippen LogP contribution is 2.16. The molecule has 3 heteroatoms. The number of phenols is 1. The molecule has 0 unspecified atom stereocenters. The van der Waals surface area contributed by atoms with Gasteiger partial charge in [0.1, 0.15) is 5.75 Å². The van der Waals surface area contributed by atoms with Crippen LogP contribution in [0, 0.1) is 0 Å². The van der Waals surface area contributed by atoms with Gasteiger partial charge in [-0.05, 0) is 18.2 Å². The Balaban J connectivity index is 2.73. The van der Waals surface area contributed by atoms with Crippen LogP contribution in [0.4, 0.5) is 0 Å². The van der Waals surface area contributed by atoms with Crippen LogP contribution in [-0.2, 0) is 0 Å². The Labute approximate surface area is 75.4 Å². The Morgan fingerprint density at radius 3 is 2.92 bits per heavy atom. The second-order valence-electron chi connectivity index (χ2n) is 2.67. The lowest BCUT2D eigenvalue weighted by molar-refractivity contribution is 0.476. The zero-order chi connectivity index (χ0) is 9.26. The van der Waals surface area contributed by atoms with Gasteiger partial charge in [-0.15, -0.1) is 0 Å². The van der Waals surface area contributed by atoms with Crippen LogP contribution in [0.15, 0.2) is 31.0 Å². The highest BCUT2D eigenvalue weighted by atomic mass is 16.3. The molecule has 0 bridgehead atoms. The van der Waals surface area contributed by atoms with Gasteiger partial charge in [-0.1, -0.05) is 6.58 Å². The van der Waals surface area contributed by atoms with E-state index in [0.29, 0.717) is 5.52 Å². The topological polar surface area (TPSA) is 46.0 Å². The minimum absolute atomic E-state index is 0.202. The first-order chi connectivity index (χ1) is 6.29. The fraction of sp³-hybridized carbons (Fsp3) is 0. The summed E-state index contributed by atoms with van der Waals surface area (Å²) in [6, 6.07) is 4.89. The fourth-order valence-electron chi connectivity index (χ4n) is 1.11. The SMILES string of the molecule is C=Cc1cnc2cc(O)ccc2n1. The molecule has 0 atom stereocenters. The van der Waals surface area contributed by atoms with Gasteiger partial charge in [0.15, 0.2) is 0 Å². The highest BCUT2D eigenvalue weighted by molar-refractivity contribution is 5.76. The number of fused-ring (bicyclic) bond motifs is 1. The van der Waals surface area contributed by atoms with E-state index in [1.165, 1.54) is 0 Å². The van der Waals surface area contributed by atoms with E-state index in [-0.39, 0.29) is 5.75 Å². The normalized spacial score (nSPS) is 10.2. The molecule has 2 aromatic rings. The van der Waals surface area contributed by atoms with Crippen LogP contribution in [0.1, 0.15) is 5.69 Å². The quantitative estimate of drug-likeness (QED) is 0.715. The summed E-state index contributed by atoms with van der Waals surface area (Å²) in [5.41, 5.74) is 2.18. The minimum atomic E-state index is 0.202. The molecule has 3 nitrogen and oxygen atoms in total. The van der Waals surface area contributed by atoms with Crippen LogP contribution >= 0.6 is 0 Å². The Morgan fingerprint density at radius 1 is 1.31 bits per heavy atom. The lowest BCUT2D eigenvalue weighted by Gasteiger charge is -1.98. The van der Waals surface area contributed by atoms with E-state index in [4.69, 9.17) is 5.11 Å². The molecule has 2 rings (SSSR count). The van der Waals surface area contributed by atoms with Crippen molar-refractivity contribution < 1.29 is 5.11 Å². The number of aromatic hydroxyl groups is 1. The van der Waals surface area contributed by atoms with Gasteiger partial charge >= 0.3 is 0 Å². The lowest BCUT2D eigenvalue weighted by atomic mass is 10.3. The molecule has 1 aromatic carbocycles. The molecule has 0 aliphatic heterocycles. The summed E-state index contributed by atoms with van der Waals surface area (Å²) in [6.07, 6.45) is 3.26. The van der Waals surface area contributed by atoms with Gasteiger partial charge in [0, 0.05) is 6.07 Å². The molecule has 0 aliphatic rings. The molecule has 64 valence electrons. The predicted molar refractivity (Wildman–Crippen MR) is 51.3 cm³/mol. The number of hydrogen-bond acceptors (Lipinski definition) is 3. The smallest absolute Gasteiger partial charge is 0.117 e. The summed E-state index contributed by atoms with van der Waals surface area (Å²) in [7, 11) is 0. The van der Waals surface area contributed by atoms with E-state index in [2.05, 4.69) is 16.5 Å². The average molecular weight is 172 g/mol. The molecule has 0 fully saturated rings. The summed E-state index contributed by atoms with van der Waals surface area (Å²) in [5.74, 6) is 0.202. The molecular formula is C10H8N2O. The summed E-state index contributed by atoms with van der Waals surface area (Å²) in [4.78, 5) is 8.36. The van der Waals surface area contributed by atoms with Crippen molar-refractivity contribution in [2.45, 2.75) is 0 Å². The average Bonchev–Trinajstić information content (AvgIpc) is 2.17. The van der Waals surface area contributed by atoms with E-state index in [1.807, 2.05) is 0 Å². The van der Waals surface area contributed by atoms with Crippen LogP contribution in [0.5, 0.6) is 5.75 Å². The first kappa shape index (κ1) is 7.73. The third kappa shape index (κ3) is 1.36. The zero-order valence-corrected chi connectivity index (χ0v) is 6.94. The molecule has 0 saturated heterocycles. The van der Waals surface area contributed by atoms with Gasteiger partial charge in [-0.25, -0.2) is 4.98 Å². The van der Waals surface area contributed by atoms with Crippen LogP contribution in [0.2, 0.25) is 0 Å². The van der Waals surface area contributed by atoms with Crippen LogP contribution < -0.4 is 0 Å². The Bertz CT molecular complexity index is 465. The van der Waals surface area contributed by atoms with E-state index < -0.39 is 0 Å². The number of rotatable bonds is 1. The van der Waals surface area contributed by atoms with Crippen LogP contribution in [-0.4, -0.2) is 15.1 Å². The molecule has 1 N–H and O–H groups in total. The molecule has 0 amide bonds. The van der Waals surface area contributed by atoms with E-state index in [1.54, 1.807) is 30.5 Å². The third-order valence-electron chi connectivity index (χ3n) is 1.75. The van der Waals surface area contributed by atoms with E-state index in [9.17, 15) is 0 Å². The summed E-state index contributed by atoms with van der Waals surface area (Å²) in [5, 5.41) is 9.17. The van der Waals surface area contributed by atoms with Gasteiger partial charge in [0.05, 0.1) is 22.9 Å². The second kappa shape index (κ2) is 2.86. The largest absolute Gasteiger partial charge is 0.508 e. The van der Waals surface area contributed by atoms with Gasteiger partial charge < -0.3 is 5.11 Å². The van der Waals surface area contributed by atoms with Crippen molar-refractivity contribution in [2.24, 2.45) is 0 Å². The monoisotopic (exact) mass is 172 g/mol. The number of nitrogens with zero attached hydrogens (tertiary/aromatic N) is 2. The van der Waals surface area contributed by atoms with Crippen molar-refractivity contribution in [3.8, 4) is 5.75 Å². The number of aromatic nitrogens is 2. The molecule has 1 aromatic heterocycles. The molecule has 0 saturated carbocycles. The van der Waals surface area contributed by atoms with Crippen molar-refractivity contribution in [3.05, 3.63) is 36.7 Å². The van der Waals surface area contributed by atoms with E-state index in [0.717, 1.165) is 11.2 Å². The molecule has 13 heavy (non-hydrogen) atoms. The van der Waals surface area contributed by atoms with Crippen molar-refractivity contribution in [1.82, 2.24) is 9.97 Å². The van der Waals surface area contributed by atoms with Crippen molar-refractivity contribution >= 4 is 17.1 Å². The summed E-state index contributed by atoms with van der Waals surface area (Å²) in [6.45, 7) is 3.60. The summed E-state index contributed by atoms with van der Waals surface area (Å²) >= 11 is 0. The second-order valence-corrected chi connectivity index (χ2v) is 2.67. The maximum Gasteiger partial charge on any atom is 0.117 e. The van der Waals surface area contributed by atoms with Crippen molar-refractivity contribution in [1.29, 1.82) is 0 Å². The first-order valence-corrected chi connectivity index (χ1v) is 3.88. The van der Waals surface area contributed by atoms with Gasteiger partial charge in [-0.3, -0.25) is 4.98 Å². The van der Waals surface area contributed by atoms with Gasteiger partial charge in [0.25, 0.3) is 0 Å². The highest BCUT2D eigenvalue weighted by Gasteiger charge is 1.97. The standard InChI is InChI=1S/C10H8N2O/c1-2-7-6-11-10-5-8(13)3-4-9(10)12-7/h2-6,13H,1H2. The summed E-state index contributed by atoms with van der Waals surface area (Å²) < 4.78 is 0. The predicted octanol–water partition coefficient (Wildman–Crippen LogP) is 1.98. The Kier molecular flexibility index (Phi) is 1.70. The number of phenolic OH excluding ortho intramolecular Hbond substituents is 1. The molecule has 0 spiro atoms. The first-order valence-electron chi connectivity index (χ1n) is 3.88. The number of benzene rings is 1. The molecule has 0 radical (unpaired) electrons. The minimum Gasteiger partial charge on any atom is -0.508 e. The lowest BCUT2D eigenvalue weighted by Crippen LogP contribution is -1.86. The Hall–Kier alpha value is -1.90. The maximum absolute atomic E-state index is 9.17. The third-order valence-corrected chi connectivity index (χ3v) is 1.75. The van der Waals surface area contributed by atoms with Crippen LogP contribution in [0.25, 0.3) is 17.1 Å². The molecule has 1 heterocycles. The van der Waals surface area contributed by atoms with Gasteiger partial charge in [0.2, 0.25) is 0 Å².